The molecule has 1 atom stereocenters. The van der Waals surface area contributed by atoms with Crippen molar-refractivity contribution in [2.24, 2.45) is 0 Å². The molecule has 4 aromatic rings. The lowest BCUT2D eigenvalue weighted by atomic mass is 10.0. The third kappa shape index (κ3) is 4.13. The van der Waals surface area contributed by atoms with Crippen LogP contribution in [0.15, 0.2) is 61.1 Å². The molecule has 2 aromatic heterocycles. The number of pyridine rings is 1. The van der Waals surface area contributed by atoms with Crippen molar-refractivity contribution in [1.29, 1.82) is 0 Å². The minimum absolute atomic E-state index is 0.0262. The summed E-state index contributed by atoms with van der Waals surface area (Å²) in [7, 11) is 0. The Morgan fingerprint density at radius 2 is 1.97 bits per heavy atom. The van der Waals surface area contributed by atoms with Crippen LogP contribution in [0.1, 0.15) is 28.9 Å². The van der Waals surface area contributed by atoms with Gasteiger partial charge in [-0.05, 0) is 56.0 Å². The van der Waals surface area contributed by atoms with Gasteiger partial charge < -0.3 is 5.32 Å². The van der Waals surface area contributed by atoms with Gasteiger partial charge in [0.1, 0.15) is 11.6 Å². The molecule has 1 saturated heterocycles. The highest BCUT2D eigenvalue weighted by molar-refractivity contribution is 6.36. The van der Waals surface area contributed by atoms with Gasteiger partial charge in [0.15, 0.2) is 0 Å². The number of anilines is 1. The summed E-state index contributed by atoms with van der Waals surface area (Å²) in [6.07, 6.45) is 6.49. The minimum atomic E-state index is -0.618. The third-order valence-corrected chi connectivity index (χ3v) is 6.47. The molecule has 1 unspecified atom stereocenters. The first-order valence-electron chi connectivity index (χ1n) is 11.2. The maximum absolute atomic E-state index is 15.4. The number of amides is 1. The molecule has 8 heteroatoms. The zero-order valence-electron chi connectivity index (χ0n) is 18.6. The van der Waals surface area contributed by atoms with Crippen molar-refractivity contribution < 1.29 is 9.18 Å². The van der Waals surface area contributed by atoms with Crippen molar-refractivity contribution >= 4 is 34.1 Å². The van der Waals surface area contributed by atoms with E-state index >= 15 is 4.39 Å². The standard InChI is InChI=1S/C26H23ClFN5O/c1-16-24(31-13-12-30-16)18-7-8-20(22(28)14-18)26(34)33(19-5-3-10-29-15-19)25-23-17(9-11-32-25)4-2-6-21(23)27/h2,4,6-9,11-14,19,29H,3,5,10,15H2,1H3. The second-order valence-corrected chi connectivity index (χ2v) is 8.74. The highest BCUT2D eigenvalue weighted by atomic mass is 35.5. The lowest BCUT2D eigenvalue weighted by Crippen LogP contribution is -2.49. The predicted octanol–water partition coefficient (Wildman–Crippen LogP) is 5.19. The molecule has 1 fully saturated rings. The molecule has 1 aliphatic rings. The number of nitrogens with one attached hydrogen (secondary N) is 1. The number of aromatic nitrogens is 3. The van der Waals surface area contributed by atoms with E-state index in [0.29, 0.717) is 39.7 Å². The normalized spacial score (nSPS) is 15.9. The Labute approximate surface area is 201 Å². The summed E-state index contributed by atoms with van der Waals surface area (Å²) >= 11 is 6.55. The summed E-state index contributed by atoms with van der Waals surface area (Å²) in [4.78, 5) is 28.6. The molecule has 0 spiro atoms. The molecule has 1 aliphatic heterocycles. The lowest BCUT2D eigenvalue weighted by molar-refractivity contribution is 0.0968. The van der Waals surface area contributed by atoms with Gasteiger partial charge in [0.2, 0.25) is 0 Å². The highest BCUT2D eigenvalue weighted by Gasteiger charge is 2.32. The van der Waals surface area contributed by atoms with E-state index in [1.165, 1.54) is 12.1 Å². The zero-order chi connectivity index (χ0) is 23.7. The number of benzene rings is 2. The van der Waals surface area contributed by atoms with Gasteiger partial charge in [0.25, 0.3) is 5.91 Å². The summed E-state index contributed by atoms with van der Waals surface area (Å²) in [5.41, 5.74) is 1.81. The molecule has 0 bridgehead atoms. The summed E-state index contributed by atoms with van der Waals surface area (Å²) < 4.78 is 15.4. The summed E-state index contributed by atoms with van der Waals surface area (Å²) in [5, 5.41) is 5.39. The SMILES string of the molecule is Cc1nccnc1-c1ccc(C(=O)N(c2nccc3cccc(Cl)c23)C2CCCNC2)c(F)c1. The van der Waals surface area contributed by atoms with Gasteiger partial charge in [0.05, 0.1) is 28.0 Å². The van der Waals surface area contributed by atoms with Crippen LogP contribution in [0.4, 0.5) is 10.2 Å². The molecule has 172 valence electrons. The van der Waals surface area contributed by atoms with E-state index in [1.54, 1.807) is 35.6 Å². The minimum Gasteiger partial charge on any atom is -0.315 e. The fourth-order valence-corrected chi connectivity index (χ4v) is 4.76. The topological polar surface area (TPSA) is 71.0 Å². The van der Waals surface area contributed by atoms with Crippen LogP contribution < -0.4 is 10.2 Å². The van der Waals surface area contributed by atoms with Crippen LogP contribution in [0.25, 0.3) is 22.0 Å². The Morgan fingerprint density at radius 1 is 1.12 bits per heavy atom. The van der Waals surface area contributed by atoms with Crippen LogP contribution in [0.3, 0.4) is 0 Å². The number of rotatable bonds is 4. The quantitative estimate of drug-likeness (QED) is 0.439. The molecule has 1 amide bonds. The lowest BCUT2D eigenvalue weighted by Gasteiger charge is -2.34. The van der Waals surface area contributed by atoms with Gasteiger partial charge in [0, 0.05) is 36.1 Å². The molecule has 0 radical (unpaired) electrons. The van der Waals surface area contributed by atoms with E-state index in [1.807, 2.05) is 25.1 Å². The Bertz CT molecular complexity index is 1370. The van der Waals surface area contributed by atoms with Crippen molar-refractivity contribution in [3.63, 3.8) is 0 Å². The van der Waals surface area contributed by atoms with Gasteiger partial charge in [-0.3, -0.25) is 19.7 Å². The second-order valence-electron chi connectivity index (χ2n) is 8.33. The number of carbonyl (C=O) groups excluding carboxylic acids is 1. The number of carbonyl (C=O) groups is 1. The first kappa shape index (κ1) is 22.4. The van der Waals surface area contributed by atoms with Gasteiger partial charge in [-0.25, -0.2) is 9.37 Å². The number of fused-ring (bicyclic) bond motifs is 1. The maximum Gasteiger partial charge on any atom is 0.262 e. The summed E-state index contributed by atoms with van der Waals surface area (Å²) in [6, 6.07) is 11.8. The summed E-state index contributed by atoms with van der Waals surface area (Å²) in [6.45, 7) is 3.28. The fourth-order valence-electron chi connectivity index (χ4n) is 4.50. The van der Waals surface area contributed by atoms with E-state index in [-0.39, 0.29) is 11.6 Å². The average Bonchev–Trinajstić information content (AvgIpc) is 2.85. The number of halogens is 2. The smallest absolute Gasteiger partial charge is 0.262 e. The number of nitrogens with zero attached hydrogens (tertiary/aromatic N) is 4. The van der Waals surface area contributed by atoms with Crippen LogP contribution >= 0.6 is 11.6 Å². The van der Waals surface area contributed by atoms with Gasteiger partial charge in [-0.15, -0.1) is 0 Å². The van der Waals surface area contributed by atoms with E-state index in [9.17, 15) is 4.79 Å². The molecule has 34 heavy (non-hydrogen) atoms. The van der Waals surface area contributed by atoms with Crippen LogP contribution in [0, 0.1) is 12.7 Å². The van der Waals surface area contributed by atoms with E-state index < -0.39 is 11.7 Å². The van der Waals surface area contributed by atoms with Gasteiger partial charge >= 0.3 is 0 Å². The van der Waals surface area contributed by atoms with Crippen LogP contribution in [-0.2, 0) is 0 Å². The molecular formula is C26H23ClFN5O. The molecule has 6 nitrogen and oxygen atoms in total. The Balaban J connectivity index is 1.61. The van der Waals surface area contributed by atoms with Crippen LogP contribution in [0.2, 0.25) is 5.02 Å². The maximum atomic E-state index is 15.4. The van der Waals surface area contributed by atoms with Crippen LogP contribution in [-0.4, -0.2) is 40.0 Å². The third-order valence-electron chi connectivity index (χ3n) is 6.16. The molecule has 0 aliphatic carbocycles. The van der Waals surface area contributed by atoms with Crippen molar-refractivity contribution in [3.05, 3.63) is 83.2 Å². The number of aryl methyl sites for hydroxylation is 1. The summed E-state index contributed by atoms with van der Waals surface area (Å²) in [5.74, 6) is -0.628. The molecule has 5 rings (SSSR count). The van der Waals surface area contributed by atoms with Gasteiger partial charge in [-0.1, -0.05) is 29.8 Å². The monoisotopic (exact) mass is 475 g/mol. The molecule has 3 heterocycles. The molecular weight excluding hydrogens is 453 g/mol. The van der Waals surface area contributed by atoms with Crippen molar-refractivity contribution in [2.45, 2.75) is 25.8 Å². The van der Waals surface area contributed by atoms with Crippen molar-refractivity contribution in [2.75, 3.05) is 18.0 Å². The van der Waals surface area contributed by atoms with Gasteiger partial charge in [-0.2, -0.15) is 0 Å². The van der Waals surface area contributed by atoms with Crippen molar-refractivity contribution in [1.82, 2.24) is 20.3 Å². The Hall–Kier alpha value is -3.42. The number of hydrogen-bond donors (Lipinski definition) is 1. The van der Waals surface area contributed by atoms with Crippen LogP contribution in [0.5, 0.6) is 0 Å². The van der Waals surface area contributed by atoms with Crippen molar-refractivity contribution in [3.8, 4) is 11.3 Å². The first-order chi connectivity index (χ1) is 16.5. The fraction of sp³-hybridized carbons (Fsp3) is 0.231. The zero-order valence-corrected chi connectivity index (χ0v) is 19.4. The molecule has 1 N–H and O–H groups in total. The van der Waals surface area contributed by atoms with E-state index in [0.717, 1.165) is 24.8 Å². The highest BCUT2D eigenvalue weighted by Crippen LogP contribution is 2.34. The number of hydrogen-bond acceptors (Lipinski definition) is 5. The largest absolute Gasteiger partial charge is 0.315 e. The predicted molar refractivity (Wildman–Crippen MR) is 132 cm³/mol. The second kappa shape index (κ2) is 9.44. The van der Waals surface area contributed by atoms with E-state index in [2.05, 4.69) is 20.3 Å². The van der Waals surface area contributed by atoms with E-state index in [4.69, 9.17) is 11.6 Å². The molecule has 2 aromatic carbocycles. The Morgan fingerprint density at radius 3 is 2.74 bits per heavy atom. The molecule has 0 saturated carbocycles. The first-order valence-corrected chi connectivity index (χ1v) is 11.6. The Kier molecular flexibility index (Phi) is 6.22. The number of piperidine rings is 1. The average molecular weight is 476 g/mol.